The Labute approximate surface area is 456 Å². The van der Waals surface area contributed by atoms with Crippen molar-refractivity contribution in [1.82, 2.24) is 4.90 Å². The van der Waals surface area contributed by atoms with Gasteiger partial charge in [0.25, 0.3) is 0 Å². The summed E-state index contributed by atoms with van der Waals surface area (Å²) in [4.78, 5) is 52.9. The summed E-state index contributed by atoms with van der Waals surface area (Å²) in [5.74, 6) is -2.06. The number of para-hydroxylation sites is 2. The maximum absolute atomic E-state index is 13.5. The van der Waals surface area contributed by atoms with Crippen molar-refractivity contribution in [3.63, 3.8) is 0 Å². The highest BCUT2D eigenvalue weighted by molar-refractivity contribution is 9.09. The molecule has 12 nitrogen and oxygen atoms in total. The number of alkyl halides is 1. The Balaban J connectivity index is 0.000000203. The number of carbonyl (C=O) groups is 4. The topological polar surface area (TPSA) is 154 Å². The highest BCUT2D eigenvalue weighted by atomic mass is 79.9. The van der Waals surface area contributed by atoms with Crippen molar-refractivity contribution in [2.24, 2.45) is 11.8 Å². The molecule has 6 saturated heterocycles. The van der Waals surface area contributed by atoms with E-state index in [4.69, 9.17) is 14.6 Å². The molecule has 6 aliphatic heterocycles. The van der Waals surface area contributed by atoms with E-state index >= 15 is 0 Å². The molecule has 0 aromatic heterocycles. The molecule has 0 saturated carbocycles. The first-order chi connectivity index (χ1) is 35.4. The summed E-state index contributed by atoms with van der Waals surface area (Å²) in [6, 6.07) is 44.3. The highest BCUT2D eigenvalue weighted by Gasteiger charge is 2.49. The van der Waals surface area contributed by atoms with Gasteiger partial charge in [-0.3, -0.25) is 14.5 Å². The van der Waals surface area contributed by atoms with Gasteiger partial charge < -0.3 is 51.8 Å². The van der Waals surface area contributed by atoms with Gasteiger partial charge in [-0.1, -0.05) is 120 Å². The van der Waals surface area contributed by atoms with E-state index in [1.165, 1.54) is 18.2 Å². The van der Waals surface area contributed by atoms with Crippen molar-refractivity contribution < 1.29 is 69.1 Å². The molecule has 6 aliphatic rings. The number of phenolic OH excluding ortho intramolecular Hbond substituents is 2. The van der Waals surface area contributed by atoms with Crippen LogP contribution in [-0.4, -0.2) is 106 Å². The van der Waals surface area contributed by atoms with Crippen LogP contribution in [0.15, 0.2) is 158 Å². The van der Waals surface area contributed by atoms with Crippen LogP contribution in [-0.2, 0) is 19.1 Å². The minimum atomic E-state index is -0.657. The first-order valence-corrected chi connectivity index (χ1v) is 25.8. The zero-order chi connectivity index (χ0) is 51.3. The average Bonchev–Trinajstić information content (AvgIpc) is 3.41. The Morgan fingerprint density at radius 1 is 0.600 bits per heavy atom. The van der Waals surface area contributed by atoms with Crippen LogP contribution in [0.1, 0.15) is 77.0 Å². The minimum absolute atomic E-state index is 0. The van der Waals surface area contributed by atoms with Crippen molar-refractivity contribution in [1.29, 1.82) is 0 Å². The van der Waals surface area contributed by atoms with E-state index in [1.54, 1.807) is 0 Å². The van der Waals surface area contributed by atoms with E-state index in [1.807, 2.05) is 121 Å². The van der Waals surface area contributed by atoms with Crippen LogP contribution in [0.25, 0.3) is 0 Å². The Morgan fingerprint density at radius 2 is 1.01 bits per heavy atom. The number of hydrogen-bond acceptors (Lipinski definition) is 11. The summed E-state index contributed by atoms with van der Waals surface area (Å²) < 4.78 is 38.4. The fourth-order valence-electron chi connectivity index (χ4n) is 10.2. The molecule has 0 unspecified atom stereocenters. The first kappa shape index (κ1) is 57.8. The summed E-state index contributed by atoms with van der Waals surface area (Å²) in [6.07, 6.45) is 3.74. The quantitative estimate of drug-likeness (QED) is 0.0343. The highest BCUT2D eigenvalue weighted by Crippen LogP contribution is 2.38. The molecular weight excluding hydrogens is 1090 g/mol. The number of phenols is 2. The van der Waals surface area contributed by atoms with Crippen molar-refractivity contribution in [2.75, 3.05) is 61.8 Å². The van der Waals surface area contributed by atoms with Crippen LogP contribution in [0.5, 0.6) is 11.5 Å². The molecule has 6 fully saturated rings. The Bertz CT molecular complexity index is 2800. The van der Waals surface area contributed by atoms with E-state index in [2.05, 4.69) is 31.5 Å². The number of carbonyl (C=O) groups excluding carboxylic acids is 4. The van der Waals surface area contributed by atoms with E-state index < -0.39 is 23.7 Å². The number of benzene rings is 6. The fourth-order valence-corrected chi connectivity index (χ4v) is 10.6. The number of ketones is 2. The summed E-state index contributed by atoms with van der Waals surface area (Å²) in [6.45, 7) is 5.53. The van der Waals surface area contributed by atoms with Crippen LogP contribution >= 0.6 is 15.9 Å². The van der Waals surface area contributed by atoms with Crippen molar-refractivity contribution in [3.8, 4) is 11.5 Å². The third-order valence-corrected chi connectivity index (χ3v) is 14.7. The van der Waals surface area contributed by atoms with Gasteiger partial charge in [0, 0.05) is 48.8 Å². The number of hydrogen-bond donors (Lipinski definition) is 4. The smallest absolute Gasteiger partial charge is 0.333 e. The number of piperidine rings is 6. The summed E-state index contributed by atoms with van der Waals surface area (Å²) in [5.41, 5.74) is 3.75. The second-order valence-electron chi connectivity index (χ2n) is 19.1. The number of nitrogens with zero attached hydrogens (tertiary/aromatic N) is 2. The molecule has 16 heteroatoms. The number of fused-ring (bicyclic) bond motifs is 6. The molecule has 396 valence electrons. The van der Waals surface area contributed by atoms with E-state index in [0.717, 1.165) is 99.1 Å². The third-order valence-electron chi connectivity index (χ3n) is 14.2. The van der Waals surface area contributed by atoms with Crippen LogP contribution in [0.3, 0.4) is 0 Å². The number of ether oxygens (including phenoxy) is 2. The normalized spacial score (nSPS) is 21.6. The van der Waals surface area contributed by atoms with Crippen molar-refractivity contribution in [3.05, 3.63) is 192 Å². The van der Waals surface area contributed by atoms with Crippen LogP contribution < -0.4 is 27.6 Å². The molecule has 0 amide bonds. The predicted molar refractivity (Wildman–Crippen MR) is 285 cm³/mol. The lowest BCUT2D eigenvalue weighted by Crippen LogP contribution is -3.00. The zero-order valence-electron chi connectivity index (χ0n) is 40.7. The second kappa shape index (κ2) is 27.4. The molecule has 4 atom stereocenters. The molecule has 0 spiro atoms. The Morgan fingerprint density at radius 3 is 1.43 bits per heavy atom. The number of halogens is 4. The van der Waals surface area contributed by atoms with Gasteiger partial charge in [-0.05, 0) is 91.5 Å². The number of rotatable bonds is 15. The van der Waals surface area contributed by atoms with Gasteiger partial charge in [0.1, 0.15) is 42.3 Å². The number of quaternary nitrogens is 1. The lowest BCUT2D eigenvalue weighted by molar-refractivity contribution is -0.938. The number of aromatic hydroxyl groups is 2. The van der Waals surface area contributed by atoms with E-state index in [0.29, 0.717) is 16.9 Å². The van der Waals surface area contributed by atoms with Crippen molar-refractivity contribution in [2.45, 2.75) is 57.4 Å². The summed E-state index contributed by atoms with van der Waals surface area (Å²) >= 11 is 2.95. The number of Topliss-reactive ketones (excluding diaryl/α,β-unsaturated/α-hetero) is 2. The number of anilines is 2. The Hall–Kier alpha value is -6.46. The average molecular weight is 1150 g/mol. The zero-order valence-corrected chi connectivity index (χ0v) is 43.9. The van der Waals surface area contributed by atoms with E-state index in [9.17, 15) is 33.1 Å². The number of nitrogens with one attached hydrogen (secondary N) is 2. The molecule has 75 heavy (non-hydrogen) atoms. The van der Waals surface area contributed by atoms with Crippen LogP contribution in [0, 0.1) is 23.5 Å². The monoisotopic (exact) mass is 1150 g/mol. The largest absolute Gasteiger partial charge is 1.00 e. The lowest BCUT2D eigenvalue weighted by atomic mass is 9.82. The van der Waals surface area contributed by atoms with Crippen molar-refractivity contribution >= 4 is 50.8 Å². The molecule has 6 aromatic rings. The van der Waals surface area contributed by atoms with Gasteiger partial charge in [-0.2, -0.15) is 0 Å². The maximum atomic E-state index is 13.5. The molecule has 4 bridgehead atoms. The summed E-state index contributed by atoms with van der Waals surface area (Å²) in [7, 11) is 0. The molecule has 0 radical (unpaired) electrons. The molecule has 6 heterocycles. The summed E-state index contributed by atoms with van der Waals surface area (Å²) in [5, 5.41) is 26.0. The minimum Gasteiger partial charge on any atom is -1.00 e. The SMILES string of the molecule is C.O=C(CBr)c1ccc(F)cc1O.O=C(C[N+]12CCC(CC1)[C@@H](OC(=O)[C@H](Nc1ccccc1)c1ccccc1)C2)c1ccc(F)cc1O.O=C(O[C@H]1CN2CCC1CC2)[C@H](Nc1ccccc1)c1ccccc1.[Br-]. The Kier molecular flexibility index (Phi) is 21.1. The molecule has 4 N–H and O–H groups in total. The third kappa shape index (κ3) is 15.3. The van der Waals surface area contributed by atoms with Crippen LogP contribution in [0.2, 0.25) is 0 Å². The van der Waals surface area contributed by atoms with Gasteiger partial charge in [0.15, 0.2) is 24.0 Å². The van der Waals surface area contributed by atoms with Crippen LogP contribution in [0.4, 0.5) is 20.2 Å². The van der Waals surface area contributed by atoms with Gasteiger partial charge >= 0.3 is 11.9 Å². The second-order valence-corrected chi connectivity index (χ2v) is 19.6. The molecule has 6 aromatic carbocycles. The van der Waals surface area contributed by atoms with Gasteiger partial charge in [-0.15, -0.1) is 0 Å². The standard InChI is InChI=1S/C29H29FN2O4.C21H24N2O2.C8H6BrFO2.CH4.BrH/c30-22-11-12-24(25(33)17-22)26(34)18-32-15-13-20(14-16-32)27(19-32)36-29(35)28(21-7-3-1-4-8-21)31-23-9-5-2-6-10-23;24-21(25-19-15-23-13-11-16(19)12-14-23)20(17-7-3-1-4-8-17)22-18-9-5-2-6-10-18;9-4-8(12)6-2-1-5(10)3-7(6)11;;/h1-12,17,20,27-28,31H,13-16,18-19H2;1-10,16,19-20,22H,11-15H2;1-3,11H,4H2;1H4;1H/t20?,27-,28+,32?;19-,20+;;;/m00.../s1. The fraction of sp³-hybridized carbons (Fsp3) is 0.322. The first-order valence-electron chi connectivity index (χ1n) is 24.7. The molecule has 12 rings (SSSR count). The number of esters is 2. The van der Waals surface area contributed by atoms with Gasteiger partial charge in [0.05, 0.1) is 29.5 Å². The maximum Gasteiger partial charge on any atom is 0.333 e. The van der Waals surface area contributed by atoms with E-state index in [-0.39, 0.29) is 101 Å². The molecule has 0 aliphatic carbocycles. The van der Waals surface area contributed by atoms with Gasteiger partial charge in [0.2, 0.25) is 5.78 Å². The van der Waals surface area contributed by atoms with Gasteiger partial charge in [-0.25, -0.2) is 18.4 Å². The predicted octanol–water partition coefficient (Wildman–Crippen LogP) is 7.95. The molecular formula is C59H64Br2F2N4O8. The lowest BCUT2D eigenvalue weighted by Gasteiger charge is -2.51.